The number of aliphatic hydroxyl groups is 1. The van der Waals surface area contributed by atoms with Gasteiger partial charge in [-0.2, -0.15) is 0 Å². The molecule has 2 N–H and O–H groups in total. The standard InChI is InChI=1S/C26H46N2O2/c1-21(27)28(20-26(30)17-9-4-10-18-26)25(29)24(19-23-13-7-3-8-14-23)16-15-22-11-5-2-6-12-22/h22-24,27,30H,2-20H2,1H3. The van der Waals surface area contributed by atoms with Crippen LogP contribution in [0.25, 0.3) is 0 Å². The summed E-state index contributed by atoms with van der Waals surface area (Å²) in [5.74, 6) is 1.93. The van der Waals surface area contributed by atoms with Crippen molar-refractivity contribution >= 4 is 11.7 Å². The van der Waals surface area contributed by atoms with Crippen molar-refractivity contribution < 1.29 is 9.90 Å². The molecule has 3 aliphatic carbocycles. The van der Waals surface area contributed by atoms with Crippen LogP contribution in [0.1, 0.15) is 122 Å². The van der Waals surface area contributed by atoms with E-state index < -0.39 is 5.60 Å². The molecule has 3 fully saturated rings. The molecule has 3 aliphatic rings. The van der Waals surface area contributed by atoms with E-state index in [9.17, 15) is 9.90 Å². The van der Waals surface area contributed by atoms with E-state index in [2.05, 4.69) is 0 Å². The lowest BCUT2D eigenvalue weighted by molar-refractivity contribution is -0.136. The Morgan fingerprint density at radius 1 is 0.933 bits per heavy atom. The van der Waals surface area contributed by atoms with Crippen molar-refractivity contribution in [2.45, 2.75) is 128 Å². The summed E-state index contributed by atoms with van der Waals surface area (Å²) in [7, 11) is 0. The number of hydrogen-bond acceptors (Lipinski definition) is 3. The topological polar surface area (TPSA) is 64.4 Å². The van der Waals surface area contributed by atoms with Gasteiger partial charge >= 0.3 is 0 Å². The third kappa shape index (κ3) is 7.07. The molecule has 0 heterocycles. The van der Waals surface area contributed by atoms with Crippen LogP contribution in [0.15, 0.2) is 0 Å². The molecule has 0 aromatic heterocycles. The average Bonchev–Trinajstić information content (AvgIpc) is 2.76. The summed E-state index contributed by atoms with van der Waals surface area (Å²) in [6.45, 7) is 2.05. The van der Waals surface area contributed by atoms with Crippen molar-refractivity contribution in [3.63, 3.8) is 0 Å². The summed E-state index contributed by atoms with van der Waals surface area (Å²) in [5, 5.41) is 19.4. The van der Waals surface area contributed by atoms with Gasteiger partial charge in [0.05, 0.1) is 18.0 Å². The molecular formula is C26H46N2O2. The van der Waals surface area contributed by atoms with Gasteiger partial charge in [-0.05, 0) is 50.9 Å². The summed E-state index contributed by atoms with van der Waals surface area (Å²) in [5.41, 5.74) is -0.797. The van der Waals surface area contributed by atoms with Crippen LogP contribution in [0, 0.1) is 23.2 Å². The summed E-state index contributed by atoms with van der Waals surface area (Å²) in [6.07, 6.45) is 21.1. The number of hydrogen-bond donors (Lipinski definition) is 2. The molecular weight excluding hydrogens is 372 g/mol. The minimum absolute atomic E-state index is 0.0301. The minimum atomic E-state index is -0.797. The van der Waals surface area contributed by atoms with Gasteiger partial charge in [-0.3, -0.25) is 15.1 Å². The maximum Gasteiger partial charge on any atom is 0.231 e. The molecule has 1 unspecified atom stereocenters. The first-order chi connectivity index (χ1) is 14.5. The molecule has 1 atom stereocenters. The van der Waals surface area contributed by atoms with Gasteiger partial charge < -0.3 is 5.11 Å². The lowest BCUT2D eigenvalue weighted by atomic mass is 9.78. The van der Waals surface area contributed by atoms with E-state index in [0.717, 1.165) is 50.9 Å². The monoisotopic (exact) mass is 418 g/mol. The van der Waals surface area contributed by atoms with E-state index in [1.54, 1.807) is 11.8 Å². The van der Waals surface area contributed by atoms with Crippen molar-refractivity contribution in [2.75, 3.05) is 6.54 Å². The average molecular weight is 419 g/mol. The quantitative estimate of drug-likeness (QED) is 0.351. The van der Waals surface area contributed by atoms with E-state index >= 15 is 0 Å². The first-order valence-corrected chi connectivity index (χ1v) is 13.1. The van der Waals surface area contributed by atoms with Gasteiger partial charge in [-0.1, -0.05) is 83.5 Å². The number of rotatable bonds is 8. The molecule has 3 rings (SSSR count). The number of carbonyl (C=O) groups excluding carboxylic acids is 1. The molecule has 0 aromatic carbocycles. The number of nitrogens with one attached hydrogen (secondary N) is 1. The fourth-order valence-electron chi connectivity index (χ4n) is 6.32. The van der Waals surface area contributed by atoms with Gasteiger partial charge in [0, 0.05) is 5.92 Å². The SMILES string of the molecule is CC(=N)N(CC1(O)CCCCC1)C(=O)C(CCC1CCCCC1)CC1CCCCC1. The summed E-state index contributed by atoms with van der Waals surface area (Å²) < 4.78 is 0. The zero-order valence-corrected chi connectivity index (χ0v) is 19.5. The fraction of sp³-hybridized carbons (Fsp3) is 0.923. The molecule has 0 radical (unpaired) electrons. The van der Waals surface area contributed by atoms with E-state index in [1.165, 1.54) is 70.6 Å². The highest BCUT2D eigenvalue weighted by molar-refractivity contribution is 5.96. The molecule has 0 aromatic rings. The van der Waals surface area contributed by atoms with Gasteiger partial charge in [0.25, 0.3) is 0 Å². The molecule has 1 amide bonds. The first-order valence-electron chi connectivity index (χ1n) is 13.1. The second-order valence-electron chi connectivity index (χ2n) is 10.8. The largest absolute Gasteiger partial charge is 0.388 e. The van der Waals surface area contributed by atoms with Crippen LogP contribution in [0.3, 0.4) is 0 Å². The highest BCUT2D eigenvalue weighted by atomic mass is 16.3. The van der Waals surface area contributed by atoms with Crippen LogP contribution in [0.4, 0.5) is 0 Å². The van der Waals surface area contributed by atoms with E-state index in [1.807, 2.05) is 0 Å². The highest BCUT2D eigenvalue weighted by Crippen LogP contribution is 2.35. The Morgan fingerprint density at radius 2 is 1.47 bits per heavy atom. The van der Waals surface area contributed by atoms with Gasteiger partial charge in [0.15, 0.2) is 0 Å². The summed E-state index contributed by atoms with van der Waals surface area (Å²) in [4.78, 5) is 15.4. The lowest BCUT2D eigenvalue weighted by Crippen LogP contribution is -2.50. The molecule has 172 valence electrons. The van der Waals surface area contributed by atoms with Crippen LogP contribution in [-0.4, -0.2) is 33.9 Å². The van der Waals surface area contributed by atoms with Crippen molar-refractivity contribution in [2.24, 2.45) is 17.8 Å². The van der Waals surface area contributed by atoms with Crippen LogP contribution in [0.2, 0.25) is 0 Å². The predicted octanol–water partition coefficient (Wildman–Crippen LogP) is 6.45. The Bertz CT molecular complexity index is 543. The molecule has 0 saturated heterocycles. The molecule has 0 spiro atoms. The minimum Gasteiger partial charge on any atom is -0.388 e. The third-order valence-corrected chi connectivity index (χ3v) is 8.25. The Morgan fingerprint density at radius 3 is 2.03 bits per heavy atom. The lowest BCUT2D eigenvalue weighted by Gasteiger charge is -2.38. The van der Waals surface area contributed by atoms with Gasteiger partial charge in [0.1, 0.15) is 0 Å². The number of carbonyl (C=O) groups is 1. The van der Waals surface area contributed by atoms with Gasteiger partial charge in [-0.15, -0.1) is 0 Å². The molecule has 0 bridgehead atoms. The third-order valence-electron chi connectivity index (χ3n) is 8.25. The van der Waals surface area contributed by atoms with Crippen molar-refractivity contribution in [1.29, 1.82) is 5.41 Å². The zero-order valence-electron chi connectivity index (χ0n) is 19.5. The van der Waals surface area contributed by atoms with Crippen LogP contribution < -0.4 is 0 Å². The molecule has 4 nitrogen and oxygen atoms in total. The Balaban J connectivity index is 1.67. The summed E-state index contributed by atoms with van der Waals surface area (Å²) in [6, 6.07) is 0. The molecule has 30 heavy (non-hydrogen) atoms. The maximum absolute atomic E-state index is 13.7. The Labute approximate surface area is 184 Å². The van der Waals surface area contributed by atoms with Gasteiger partial charge in [-0.25, -0.2) is 0 Å². The first kappa shape index (κ1) is 23.8. The second kappa shape index (κ2) is 11.6. The van der Waals surface area contributed by atoms with Crippen molar-refractivity contribution in [3.8, 4) is 0 Å². The smallest absolute Gasteiger partial charge is 0.231 e. The van der Waals surface area contributed by atoms with Crippen LogP contribution in [-0.2, 0) is 4.79 Å². The second-order valence-corrected chi connectivity index (χ2v) is 10.8. The van der Waals surface area contributed by atoms with E-state index in [0.29, 0.717) is 18.3 Å². The predicted molar refractivity (Wildman–Crippen MR) is 124 cm³/mol. The van der Waals surface area contributed by atoms with Gasteiger partial charge in [0.2, 0.25) is 5.91 Å². The number of amidine groups is 1. The number of amides is 1. The van der Waals surface area contributed by atoms with Crippen LogP contribution >= 0.6 is 0 Å². The van der Waals surface area contributed by atoms with E-state index in [-0.39, 0.29) is 11.8 Å². The molecule has 3 saturated carbocycles. The molecule has 0 aliphatic heterocycles. The Hall–Kier alpha value is -0.900. The van der Waals surface area contributed by atoms with Crippen LogP contribution in [0.5, 0.6) is 0 Å². The van der Waals surface area contributed by atoms with Crippen molar-refractivity contribution in [3.05, 3.63) is 0 Å². The normalized spacial score (nSPS) is 24.3. The molecule has 4 heteroatoms. The highest BCUT2D eigenvalue weighted by Gasteiger charge is 2.36. The fourth-order valence-corrected chi connectivity index (χ4v) is 6.32. The Kier molecular flexibility index (Phi) is 9.22. The van der Waals surface area contributed by atoms with E-state index in [4.69, 9.17) is 5.41 Å². The van der Waals surface area contributed by atoms with Crippen molar-refractivity contribution in [1.82, 2.24) is 4.90 Å². The summed E-state index contributed by atoms with van der Waals surface area (Å²) >= 11 is 0. The maximum atomic E-state index is 13.7. The number of nitrogens with zero attached hydrogens (tertiary/aromatic N) is 1. The zero-order chi connectivity index (χ0) is 21.4.